The molecule has 22 heavy (non-hydrogen) atoms. The van der Waals surface area contributed by atoms with E-state index in [1.54, 1.807) is 22.9 Å². The molecule has 1 amide bonds. The smallest absolute Gasteiger partial charge is 0.410 e. The lowest BCUT2D eigenvalue weighted by Crippen LogP contribution is -2.43. The van der Waals surface area contributed by atoms with E-state index in [4.69, 9.17) is 16.3 Å². The van der Waals surface area contributed by atoms with Gasteiger partial charge < -0.3 is 9.64 Å². The van der Waals surface area contributed by atoms with Gasteiger partial charge in [0.05, 0.1) is 0 Å². The second kappa shape index (κ2) is 7.04. The first-order valence-electron chi connectivity index (χ1n) is 7.38. The zero-order chi connectivity index (χ0) is 16.3. The van der Waals surface area contributed by atoms with Gasteiger partial charge in [-0.15, -0.1) is 0 Å². The van der Waals surface area contributed by atoms with Crippen LogP contribution in [0.1, 0.15) is 39.2 Å². The first kappa shape index (κ1) is 17.3. The second-order valence-electron chi connectivity index (χ2n) is 6.43. The molecule has 1 aliphatic heterocycles. The average Bonchev–Trinajstić information content (AvgIpc) is 2.41. The number of ether oxygens (including phenoxy) is 1. The van der Waals surface area contributed by atoms with Crippen molar-refractivity contribution in [3.8, 4) is 0 Å². The van der Waals surface area contributed by atoms with Gasteiger partial charge in [-0.1, -0.05) is 23.4 Å². The van der Waals surface area contributed by atoms with Gasteiger partial charge in [0.25, 0.3) is 0 Å². The van der Waals surface area contributed by atoms with Gasteiger partial charge in [0.1, 0.15) is 10.8 Å². The van der Waals surface area contributed by atoms with Crippen molar-refractivity contribution in [1.82, 2.24) is 14.9 Å². The first-order valence-corrected chi connectivity index (χ1v) is 8.64. The van der Waals surface area contributed by atoms with E-state index in [1.807, 2.05) is 27.7 Å². The Morgan fingerprint density at radius 1 is 1.50 bits per heavy atom. The fraction of sp³-hybridized carbons (Fsp3) is 0.667. The average molecular weight is 344 g/mol. The topological polar surface area (TPSA) is 55.3 Å². The molecule has 122 valence electrons. The van der Waals surface area contributed by atoms with Crippen molar-refractivity contribution in [3.63, 3.8) is 0 Å². The lowest BCUT2D eigenvalue weighted by atomic mass is 10.1. The van der Waals surface area contributed by atoms with Crippen molar-refractivity contribution < 1.29 is 9.53 Å². The van der Waals surface area contributed by atoms with Gasteiger partial charge in [-0.25, -0.2) is 14.8 Å². The summed E-state index contributed by atoms with van der Waals surface area (Å²) < 4.78 is 5.44. The Kier molecular flexibility index (Phi) is 5.55. The van der Waals surface area contributed by atoms with Gasteiger partial charge in [-0.05, 0) is 40.5 Å². The molecule has 2 heterocycles. The lowest BCUT2D eigenvalue weighted by molar-refractivity contribution is 0.0220. The third-order valence-electron chi connectivity index (χ3n) is 3.19. The summed E-state index contributed by atoms with van der Waals surface area (Å²) in [6.07, 6.45) is 3.46. The molecular weight excluding hydrogens is 322 g/mol. The highest BCUT2D eigenvalue weighted by Gasteiger charge is 2.28. The first-order chi connectivity index (χ1) is 10.2. The Labute approximate surface area is 140 Å². The summed E-state index contributed by atoms with van der Waals surface area (Å²) in [6, 6.07) is 0. The van der Waals surface area contributed by atoms with E-state index in [1.165, 1.54) is 0 Å². The Hall–Kier alpha value is -1.01. The molecule has 1 aromatic heterocycles. The predicted octanol–water partition coefficient (Wildman–Crippen LogP) is 3.93. The highest BCUT2D eigenvalue weighted by atomic mass is 35.5. The number of likely N-dealkylation sites (tertiary alicyclic amines) is 1. The maximum absolute atomic E-state index is 12.2. The number of rotatable bonds is 2. The summed E-state index contributed by atoms with van der Waals surface area (Å²) in [4.78, 5) is 22.5. The van der Waals surface area contributed by atoms with Crippen molar-refractivity contribution in [2.75, 3.05) is 13.1 Å². The van der Waals surface area contributed by atoms with Crippen molar-refractivity contribution in [2.24, 2.45) is 0 Å². The van der Waals surface area contributed by atoms with E-state index in [0.29, 0.717) is 16.9 Å². The number of halogens is 1. The molecule has 1 aliphatic rings. The number of carbonyl (C=O) groups is 1. The van der Waals surface area contributed by atoms with Crippen LogP contribution in [0.5, 0.6) is 0 Å². The highest BCUT2D eigenvalue weighted by molar-refractivity contribution is 7.99. The number of aromatic nitrogens is 2. The summed E-state index contributed by atoms with van der Waals surface area (Å²) in [5.41, 5.74) is 0.398. The standard InChI is InChI=1S/C15H22ClN3O2S/c1-10-8-17-13(18-12(10)16)22-11-6-5-7-19(9-11)14(20)21-15(2,3)4/h8,11H,5-7,9H2,1-4H3/t11-/m0/s1. The molecule has 0 N–H and O–H groups in total. The molecule has 5 nitrogen and oxygen atoms in total. The van der Waals surface area contributed by atoms with Gasteiger partial charge in [-0.2, -0.15) is 0 Å². The van der Waals surface area contributed by atoms with Crippen LogP contribution in [-0.2, 0) is 4.74 Å². The predicted molar refractivity (Wildman–Crippen MR) is 88.5 cm³/mol. The van der Waals surface area contributed by atoms with E-state index >= 15 is 0 Å². The van der Waals surface area contributed by atoms with Crippen molar-refractivity contribution >= 4 is 29.5 Å². The minimum absolute atomic E-state index is 0.249. The van der Waals surface area contributed by atoms with Gasteiger partial charge in [0.15, 0.2) is 5.16 Å². The molecule has 0 aromatic carbocycles. The Bertz CT molecular complexity index is 548. The number of hydrogen-bond acceptors (Lipinski definition) is 5. The monoisotopic (exact) mass is 343 g/mol. The van der Waals surface area contributed by atoms with Crippen molar-refractivity contribution in [1.29, 1.82) is 0 Å². The van der Waals surface area contributed by atoms with Gasteiger partial charge in [0, 0.05) is 30.1 Å². The van der Waals surface area contributed by atoms with Gasteiger partial charge >= 0.3 is 6.09 Å². The van der Waals surface area contributed by atoms with Crippen molar-refractivity contribution in [2.45, 2.75) is 56.5 Å². The van der Waals surface area contributed by atoms with Crippen molar-refractivity contribution in [3.05, 3.63) is 16.9 Å². The fourth-order valence-electron chi connectivity index (χ4n) is 2.14. The van der Waals surface area contributed by atoms with E-state index in [0.717, 1.165) is 24.9 Å². The molecule has 0 radical (unpaired) electrons. The molecule has 1 aromatic rings. The van der Waals surface area contributed by atoms with Crippen LogP contribution in [-0.4, -0.2) is 44.9 Å². The third-order valence-corrected chi connectivity index (χ3v) is 4.70. The highest BCUT2D eigenvalue weighted by Crippen LogP contribution is 2.29. The molecule has 1 fully saturated rings. The molecule has 7 heteroatoms. The van der Waals surface area contributed by atoms with Crippen LogP contribution in [0.4, 0.5) is 4.79 Å². The SMILES string of the molecule is Cc1cnc(S[C@H]2CCCN(C(=O)OC(C)(C)C)C2)nc1Cl. The number of amides is 1. The van der Waals surface area contributed by atoms with Gasteiger partial charge in [-0.3, -0.25) is 0 Å². The number of nitrogens with zero attached hydrogens (tertiary/aromatic N) is 3. The third kappa shape index (κ3) is 5.02. The Morgan fingerprint density at radius 2 is 2.23 bits per heavy atom. The van der Waals surface area contributed by atoms with Crippen LogP contribution in [0.2, 0.25) is 5.15 Å². The summed E-state index contributed by atoms with van der Waals surface area (Å²) in [5, 5.41) is 1.41. The molecule has 1 atom stereocenters. The minimum atomic E-state index is -0.467. The molecule has 0 bridgehead atoms. The Morgan fingerprint density at radius 3 is 2.86 bits per heavy atom. The van der Waals surface area contributed by atoms with E-state index in [-0.39, 0.29) is 11.3 Å². The van der Waals surface area contributed by atoms with Crippen LogP contribution in [0.25, 0.3) is 0 Å². The summed E-state index contributed by atoms with van der Waals surface area (Å²) in [6.45, 7) is 8.90. The van der Waals surface area contributed by atoms with Crippen LogP contribution >= 0.6 is 23.4 Å². The summed E-state index contributed by atoms with van der Waals surface area (Å²) in [7, 11) is 0. The molecule has 0 spiro atoms. The molecule has 0 aliphatic carbocycles. The Balaban J connectivity index is 1.95. The van der Waals surface area contributed by atoms with Crippen LogP contribution in [0.3, 0.4) is 0 Å². The number of aryl methyl sites for hydroxylation is 1. The molecule has 0 unspecified atom stereocenters. The fourth-order valence-corrected chi connectivity index (χ4v) is 3.41. The molecular formula is C15H22ClN3O2S. The summed E-state index contributed by atoms with van der Waals surface area (Å²) in [5.74, 6) is 0. The summed E-state index contributed by atoms with van der Waals surface area (Å²) >= 11 is 7.60. The normalized spacial score (nSPS) is 19.1. The second-order valence-corrected chi connectivity index (χ2v) is 8.06. The van der Waals surface area contributed by atoms with Crippen LogP contribution in [0.15, 0.2) is 11.4 Å². The number of thioether (sulfide) groups is 1. The maximum Gasteiger partial charge on any atom is 0.410 e. The molecule has 2 rings (SSSR count). The van der Waals surface area contributed by atoms with Crippen LogP contribution in [0, 0.1) is 6.92 Å². The minimum Gasteiger partial charge on any atom is -0.444 e. The lowest BCUT2D eigenvalue weighted by Gasteiger charge is -2.33. The zero-order valence-corrected chi connectivity index (χ0v) is 15.0. The number of hydrogen-bond donors (Lipinski definition) is 0. The number of carbonyl (C=O) groups excluding carboxylic acids is 1. The number of piperidine rings is 1. The molecule has 0 saturated carbocycles. The van der Waals surface area contributed by atoms with E-state index in [2.05, 4.69) is 9.97 Å². The maximum atomic E-state index is 12.2. The molecule has 1 saturated heterocycles. The largest absolute Gasteiger partial charge is 0.444 e. The zero-order valence-electron chi connectivity index (χ0n) is 13.4. The van der Waals surface area contributed by atoms with Crippen LogP contribution < -0.4 is 0 Å². The van der Waals surface area contributed by atoms with Gasteiger partial charge in [0.2, 0.25) is 0 Å². The van der Waals surface area contributed by atoms with E-state index < -0.39 is 5.60 Å². The quantitative estimate of drug-likeness (QED) is 0.601. The van der Waals surface area contributed by atoms with E-state index in [9.17, 15) is 4.79 Å².